The van der Waals surface area contributed by atoms with Crippen LogP contribution in [0.2, 0.25) is 0 Å². The predicted octanol–water partition coefficient (Wildman–Crippen LogP) is 4.90. The first-order valence-corrected chi connectivity index (χ1v) is 10.8. The van der Waals surface area contributed by atoms with E-state index in [0.717, 1.165) is 24.0 Å². The molecule has 6 heteroatoms. The maximum absolute atomic E-state index is 12.0. The van der Waals surface area contributed by atoms with Crippen molar-refractivity contribution in [2.75, 3.05) is 14.2 Å². The summed E-state index contributed by atoms with van der Waals surface area (Å²) >= 11 is 0. The van der Waals surface area contributed by atoms with E-state index < -0.39 is 11.9 Å². The summed E-state index contributed by atoms with van der Waals surface area (Å²) in [5, 5.41) is 4.75. The summed E-state index contributed by atoms with van der Waals surface area (Å²) in [7, 11) is 3.23. The van der Waals surface area contributed by atoms with Crippen molar-refractivity contribution in [3.63, 3.8) is 0 Å². The second-order valence-electron chi connectivity index (χ2n) is 9.76. The van der Waals surface area contributed by atoms with Gasteiger partial charge >= 0.3 is 6.03 Å². The van der Waals surface area contributed by atoms with Gasteiger partial charge in [0, 0.05) is 5.56 Å². The summed E-state index contributed by atoms with van der Waals surface area (Å²) in [6.45, 7) is 9.19. The van der Waals surface area contributed by atoms with Crippen molar-refractivity contribution in [3.05, 3.63) is 52.7 Å². The molecule has 32 heavy (non-hydrogen) atoms. The molecule has 1 aliphatic heterocycles. The van der Waals surface area contributed by atoms with Crippen LogP contribution in [0.15, 0.2) is 36.0 Å². The molecule has 6 nitrogen and oxygen atoms in total. The molecule has 168 valence electrons. The highest BCUT2D eigenvalue weighted by Gasteiger charge is 2.37. The number of rotatable bonds is 4. The molecular formula is C26H30N2O4. The highest BCUT2D eigenvalue weighted by Crippen LogP contribution is 2.49. The second kappa shape index (κ2) is 7.69. The van der Waals surface area contributed by atoms with Gasteiger partial charge < -0.3 is 14.8 Å². The van der Waals surface area contributed by atoms with Crippen LogP contribution in [0.3, 0.4) is 0 Å². The number of nitrogens with one attached hydrogen (secondary N) is 2. The second-order valence-corrected chi connectivity index (χ2v) is 9.76. The number of fused-ring (bicyclic) bond motifs is 1. The standard InChI is InChI=1S/C26H30N2O4/c1-25(2)11-12-26(3,4)18-13-15(7-9-17(18)25)21-20(31-5)10-8-16(22(21)32-6)14-19-23(29)28-24(30)27-19/h7-10,13-14H,11-12H2,1-6H3,(H2,27,28,29,30)/b19-14-. The first-order valence-electron chi connectivity index (χ1n) is 10.8. The summed E-state index contributed by atoms with van der Waals surface area (Å²) in [6, 6.07) is 9.72. The van der Waals surface area contributed by atoms with Crippen molar-refractivity contribution in [2.45, 2.75) is 51.4 Å². The third-order valence-electron chi connectivity index (χ3n) is 6.74. The Bertz CT molecular complexity index is 1140. The molecule has 0 radical (unpaired) electrons. The summed E-state index contributed by atoms with van der Waals surface area (Å²) in [6.07, 6.45) is 3.88. The first-order chi connectivity index (χ1) is 15.1. The minimum atomic E-state index is -0.534. The minimum Gasteiger partial charge on any atom is -0.496 e. The monoisotopic (exact) mass is 434 g/mol. The van der Waals surface area contributed by atoms with E-state index in [1.165, 1.54) is 11.1 Å². The Labute approximate surface area is 189 Å². The average molecular weight is 435 g/mol. The predicted molar refractivity (Wildman–Crippen MR) is 125 cm³/mol. The van der Waals surface area contributed by atoms with Crippen LogP contribution in [-0.2, 0) is 15.6 Å². The van der Waals surface area contributed by atoms with Crippen LogP contribution < -0.4 is 20.1 Å². The van der Waals surface area contributed by atoms with Crippen LogP contribution in [0.5, 0.6) is 11.5 Å². The number of benzene rings is 2. The van der Waals surface area contributed by atoms with Gasteiger partial charge in [-0.25, -0.2) is 4.79 Å². The minimum absolute atomic E-state index is 0.0626. The number of carbonyl (C=O) groups excluding carboxylic acids is 2. The molecule has 4 rings (SSSR count). The number of urea groups is 1. The molecule has 3 amide bonds. The van der Waals surface area contributed by atoms with Crippen LogP contribution in [0.4, 0.5) is 4.79 Å². The topological polar surface area (TPSA) is 76.7 Å². The largest absolute Gasteiger partial charge is 0.496 e. The number of imide groups is 1. The molecule has 0 aromatic heterocycles. The van der Waals surface area contributed by atoms with Gasteiger partial charge in [0.05, 0.1) is 19.8 Å². The lowest BCUT2D eigenvalue weighted by atomic mass is 9.63. The smallest absolute Gasteiger partial charge is 0.326 e. The zero-order valence-corrected chi connectivity index (χ0v) is 19.5. The average Bonchev–Trinajstić information content (AvgIpc) is 3.07. The third-order valence-corrected chi connectivity index (χ3v) is 6.74. The van der Waals surface area contributed by atoms with Crippen molar-refractivity contribution >= 4 is 18.0 Å². The van der Waals surface area contributed by atoms with Crippen LogP contribution in [0.25, 0.3) is 17.2 Å². The Kier molecular flexibility index (Phi) is 5.27. The molecule has 0 atom stereocenters. The fourth-order valence-corrected chi connectivity index (χ4v) is 4.74. The number of hydrogen-bond acceptors (Lipinski definition) is 4. The van der Waals surface area contributed by atoms with Gasteiger partial charge in [0.15, 0.2) is 0 Å². The number of ether oxygens (including phenoxy) is 2. The molecule has 0 spiro atoms. The van der Waals surface area contributed by atoms with Crippen LogP contribution >= 0.6 is 0 Å². The Hall–Kier alpha value is -3.28. The molecule has 0 unspecified atom stereocenters. The first kappa shape index (κ1) is 21.9. The molecule has 1 saturated heterocycles. The van der Waals surface area contributed by atoms with Crippen molar-refractivity contribution in [1.29, 1.82) is 0 Å². The van der Waals surface area contributed by atoms with E-state index in [2.05, 4.69) is 56.5 Å². The third kappa shape index (κ3) is 3.64. The van der Waals surface area contributed by atoms with E-state index in [9.17, 15) is 9.59 Å². The Morgan fingerprint density at radius 1 is 0.875 bits per heavy atom. The normalized spacial score (nSPS) is 19.9. The Morgan fingerprint density at radius 3 is 2.16 bits per heavy atom. The van der Waals surface area contributed by atoms with Crippen molar-refractivity contribution in [3.8, 4) is 22.6 Å². The molecule has 2 aromatic rings. The summed E-state index contributed by atoms with van der Waals surface area (Å²) in [5.41, 5.74) is 5.55. The Balaban J connectivity index is 1.91. The van der Waals surface area contributed by atoms with Crippen molar-refractivity contribution in [1.82, 2.24) is 10.6 Å². The van der Waals surface area contributed by atoms with Gasteiger partial charge in [0.2, 0.25) is 0 Å². The van der Waals surface area contributed by atoms with E-state index in [-0.39, 0.29) is 16.5 Å². The van der Waals surface area contributed by atoms with E-state index in [4.69, 9.17) is 9.47 Å². The maximum Gasteiger partial charge on any atom is 0.326 e. The lowest BCUT2D eigenvalue weighted by Gasteiger charge is -2.42. The molecule has 1 aliphatic carbocycles. The van der Waals surface area contributed by atoms with E-state index in [0.29, 0.717) is 17.1 Å². The Morgan fingerprint density at radius 2 is 1.56 bits per heavy atom. The fourth-order valence-electron chi connectivity index (χ4n) is 4.74. The van der Waals surface area contributed by atoms with E-state index in [1.807, 2.05) is 12.1 Å². The molecule has 0 saturated carbocycles. The van der Waals surface area contributed by atoms with Gasteiger partial charge in [-0.1, -0.05) is 45.9 Å². The molecule has 1 fully saturated rings. The van der Waals surface area contributed by atoms with E-state index >= 15 is 0 Å². The molecule has 2 aliphatic rings. The maximum atomic E-state index is 12.0. The molecule has 2 aromatic carbocycles. The molecule has 1 heterocycles. The number of hydrogen-bond donors (Lipinski definition) is 2. The van der Waals surface area contributed by atoms with Gasteiger partial charge in [-0.3, -0.25) is 10.1 Å². The lowest BCUT2D eigenvalue weighted by Crippen LogP contribution is -2.33. The lowest BCUT2D eigenvalue weighted by molar-refractivity contribution is -0.115. The summed E-state index contributed by atoms with van der Waals surface area (Å²) < 4.78 is 11.5. The van der Waals surface area contributed by atoms with Crippen molar-refractivity contribution < 1.29 is 19.1 Å². The van der Waals surface area contributed by atoms with Gasteiger partial charge in [0.1, 0.15) is 17.2 Å². The van der Waals surface area contributed by atoms with Gasteiger partial charge in [-0.2, -0.15) is 0 Å². The van der Waals surface area contributed by atoms with Gasteiger partial charge in [-0.15, -0.1) is 0 Å². The molecular weight excluding hydrogens is 404 g/mol. The van der Waals surface area contributed by atoms with Crippen LogP contribution in [-0.4, -0.2) is 26.2 Å². The SMILES string of the molecule is COc1ccc(/C=C2\NC(=O)NC2=O)c(OC)c1-c1ccc2c(c1)C(C)(C)CCC2(C)C. The summed E-state index contributed by atoms with van der Waals surface area (Å²) in [5.74, 6) is 0.794. The zero-order chi connectivity index (χ0) is 23.3. The number of amides is 3. The fraction of sp³-hybridized carbons (Fsp3) is 0.385. The summed E-state index contributed by atoms with van der Waals surface area (Å²) in [4.78, 5) is 23.5. The van der Waals surface area contributed by atoms with Gasteiger partial charge in [0.25, 0.3) is 5.91 Å². The highest BCUT2D eigenvalue weighted by molar-refractivity contribution is 6.14. The van der Waals surface area contributed by atoms with Crippen LogP contribution in [0, 0.1) is 0 Å². The van der Waals surface area contributed by atoms with Crippen molar-refractivity contribution in [2.24, 2.45) is 0 Å². The molecule has 0 bridgehead atoms. The highest BCUT2D eigenvalue weighted by atomic mass is 16.5. The van der Waals surface area contributed by atoms with Gasteiger partial charge in [-0.05, 0) is 58.6 Å². The zero-order valence-electron chi connectivity index (χ0n) is 19.5. The number of carbonyl (C=O) groups is 2. The molecule has 2 N–H and O–H groups in total. The number of methoxy groups -OCH3 is 2. The van der Waals surface area contributed by atoms with Crippen LogP contribution in [0.1, 0.15) is 57.2 Å². The van der Waals surface area contributed by atoms with E-state index in [1.54, 1.807) is 20.3 Å². The quantitative estimate of drug-likeness (QED) is 0.530.